The lowest BCUT2D eigenvalue weighted by Crippen LogP contribution is -2.30. The topological polar surface area (TPSA) is 44.1 Å². The summed E-state index contributed by atoms with van der Waals surface area (Å²) >= 11 is 3.96. The van der Waals surface area contributed by atoms with E-state index in [2.05, 4.69) is 18.7 Å². The molecule has 0 N–H and O–H groups in total. The SMILES string of the molecule is CC(C#N)CN(C)C(=O)CCS. The van der Waals surface area contributed by atoms with Crippen molar-refractivity contribution >= 4 is 18.5 Å². The van der Waals surface area contributed by atoms with Crippen molar-refractivity contribution in [1.82, 2.24) is 4.90 Å². The second-order valence-electron chi connectivity index (χ2n) is 2.78. The monoisotopic (exact) mass is 186 g/mol. The average molecular weight is 186 g/mol. The number of hydrogen-bond acceptors (Lipinski definition) is 3. The highest BCUT2D eigenvalue weighted by atomic mass is 32.1. The molecule has 3 nitrogen and oxygen atoms in total. The van der Waals surface area contributed by atoms with E-state index in [-0.39, 0.29) is 11.8 Å². The molecule has 0 aliphatic heterocycles. The zero-order valence-corrected chi connectivity index (χ0v) is 8.34. The van der Waals surface area contributed by atoms with Gasteiger partial charge in [-0.3, -0.25) is 4.79 Å². The summed E-state index contributed by atoms with van der Waals surface area (Å²) in [5.74, 6) is 0.510. The van der Waals surface area contributed by atoms with Gasteiger partial charge in [0.25, 0.3) is 0 Å². The molecule has 0 radical (unpaired) electrons. The van der Waals surface area contributed by atoms with Crippen LogP contribution in [0.25, 0.3) is 0 Å². The number of hydrogen-bond donors (Lipinski definition) is 1. The Balaban J connectivity index is 3.80. The number of thiol groups is 1. The van der Waals surface area contributed by atoms with Crippen LogP contribution in [0.4, 0.5) is 0 Å². The quantitative estimate of drug-likeness (QED) is 0.664. The molecule has 1 amide bonds. The van der Waals surface area contributed by atoms with Crippen LogP contribution in [0.5, 0.6) is 0 Å². The second-order valence-corrected chi connectivity index (χ2v) is 3.23. The van der Waals surface area contributed by atoms with E-state index >= 15 is 0 Å². The van der Waals surface area contributed by atoms with E-state index in [9.17, 15) is 4.79 Å². The van der Waals surface area contributed by atoms with Crippen LogP contribution in [-0.4, -0.2) is 30.2 Å². The van der Waals surface area contributed by atoms with E-state index in [0.29, 0.717) is 18.7 Å². The average Bonchev–Trinajstić information content (AvgIpc) is 2.04. The molecule has 0 aliphatic rings. The van der Waals surface area contributed by atoms with Crippen molar-refractivity contribution < 1.29 is 4.79 Å². The number of carbonyl (C=O) groups is 1. The fourth-order valence-corrected chi connectivity index (χ4v) is 1.03. The highest BCUT2D eigenvalue weighted by Crippen LogP contribution is 1.98. The Kier molecular flexibility index (Phi) is 5.56. The van der Waals surface area contributed by atoms with E-state index in [1.165, 1.54) is 0 Å². The lowest BCUT2D eigenvalue weighted by atomic mass is 10.2. The van der Waals surface area contributed by atoms with E-state index in [4.69, 9.17) is 5.26 Å². The van der Waals surface area contributed by atoms with Gasteiger partial charge in [0, 0.05) is 20.0 Å². The molecule has 0 fully saturated rings. The van der Waals surface area contributed by atoms with Gasteiger partial charge in [-0.1, -0.05) is 0 Å². The first-order valence-corrected chi connectivity index (χ1v) is 4.49. The zero-order chi connectivity index (χ0) is 9.56. The minimum absolute atomic E-state index is 0.0482. The molecule has 0 rings (SSSR count). The Hall–Kier alpha value is -0.690. The first-order chi connectivity index (χ1) is 5.61. The Morgan fingerprint density at radius 1 is 1.75 bits per heavy atom. The molecule has 0 aromatic heterocycles. The van der Waals surface area contributed by atoms with Crippen LogP contribution in [-0.2, 0) is 4.79 Å². The number of amides is 1. The normalized spacial score (nSPS) is 11.8. The third kappa shape index (κ3) is 4.24. The molecule has 0 spiro atoms. The van der Waals surface area contributed by atoms with Crippen molar-refractivity contribution in [2.75, 3.05) is 19.3 Å². The fraction of sp³-hybridized carbons (Fsp3) is 0.750. The van der Waals surface area contributed by atoms with Gasteiger partial charge in [0.2, 0.25) is 5.91 Å². The Morgan fingerprint density at radius 3 is 2.75 bits per heavy atom. The van der Waals surface area contributed by atoms with Gasteiger partial charge in [0.15, 0.2) is 0 Å². The standard InChI is InChI=1S/C8H14N2OS/c1-7(5-9)6-10(2)8(11)3-4-12/h7,12H,3-4,6H2,1-2H3. The van der Waals surface area contributed by atoms with Gasteiger partial charge in [0.05, 0.1) is 12.0 Å². The van der Waals surface area contributed by atoms with Crippen molar-refractivity contribution in [2.24, 2.45) is 5.92 Å². The molecule has 4 heteroatoms. The number of rotatable bonds is 4. The van der Waals surface area contributed by atoms with Crippen LogP contribution in [0.15, 0.2) is 0 Å². The summed E-state index contributed by atoms with van der Waals surface area (Å²) in [6.45, 7) is 2.30. The van der Waals surface area contributed by atoms with E-state index in [1.54, 1.807) is 18.9 Å². The summed E-state index contributed by atoms with van der Waals surface area (Å²) in [4.78, 5) is 12.7. The Morgan fingerprint density at radius 2 is 2.33 bits per heavy atom. The maximum atomic E-state index is 11.2. The number of carbonyl (C=O) groups excluding carboxylic acids is 1. The molecular weight excluding hydrogens is 172 g/mol. The molecule has 12 heavy (non-hydrogen) atoms. The van der Waals surface area contributed by atoms with Crippen molar-refractivity contribution in [3.8, 4) is 6.07 Å². The molecular formula is C8H14N2OS. The number of nitriles is 1. The van der Waals surface area contributed by atoms with Crippen LogP contribution >= 0.6 is 12.6 Å². The van der Waals surface area contributed by atoms with Gasteiger partial charge in [-0.25, -0.2) is 0 Å². The van der Waals surface area contributed by atoms with Crippen molar-refractivity contribution in [3.05, 3.63) is 0 Å². The van der Waals surface area contributed by atoms with Crippen LogP contribution in [0.2, 0.25) is 0 Å². The van der Waals surface area contributed by atoms with E-state index < -0.39 is 0 Å². The van der Waals surface area contributed by atoms with Gasteiger partial charge in [-0.15, -0.1) is 0 Å². The first-order valence-electron chi connectivity index (χ1n) is 3.86. The molecule has 1 unspecified atom stereocenters. The van der Waals surface area contributed by atoms with Gasteiger partial charge in [0.1, 0.15) is 0 Å². The van der Waals surface area contributed by atoms with E-state index in [1.807, 2.05) is 0 Å². The second kappa shape index (κ2) is 5.90. The first kappa shape index (κ1) is 11.3. The third-order valence-electron chi connectivity index (χ3n) is 1.52. The maximum Gasteiger partial charge on any atom is 0.223 e. The molecule has 1 atom stereocenters. The Bertz CT molecular complexity index is 188. The smallest absolute Gasteiger partial charge is 0.223 e. The largest absolute Gasteiger partial charge is 0.344 e. The minimum Gasteiger partial charge on any atom is -0.344 e. The third-order valence-corrected chi connectivity index (χ3v) is 1.74. The number of nitrogens with zero attached hydrogens (tertiary/aromatic N) is 2. The summed E-state index contributed by atoms with van der Waals surface area (Å²) in [5, 5.41) is 8.49. The summed E-state index contributed by atoms with van der Waals surface area (Å²) < 4.78 is 0. The maximum absolute atomic E-state index is 11.2. The van der Waals surface area contributed by atoms with Gasteiger partial charge in [-0.2, -0.15) is 17.9 Å². The molecule has 0 saturated heterocycles. The summed E-state index contributed by atoms with van der Waals surface area (Å²) in [7, 11) is 1.71. The van der Waals surface area contributed by atoms with Crippen LogP contribution in [0.3, 0.4) is 0 Å². The fourth-order valence-electron chi connectivity index (χ4n) is 0.840. The molecule has 0 heterocycles. The predicted octanol–water partition coefficient (Wildman–Crippen LogP) is 0.924. The van der Waals surface area contributed by atoms with Crippen molar-refractivity contribution in [3.63, 3.8) is 0 Å². The molecule has 0 bridgehead atoms. The van der Waals surface area contributed by atoms with Gasteiger partial charge >= 0.3 is 0 Å². The van der Waals surface area contributed by atoms with Crippen LogP contribution in [0, 0.1) is 17.2 Å². The highest BCUT2D eigenvalue weighted by molar-refractivity contribution is 7.80. The highest BCUT2D eigenvalue weighted by Gasteiger charge is 2.10. The zero-order valence-electron chi connectivity index (χ0n) is 7.45. The molecule has 0 saturated carbocycles. The summed E-state index contributed by atoms with van der Waals surface area (Å²) in [5.41, 5.74) is 0. The van der Waals surface area contributed by atoms with Crippen molar-refractivity contribution in [1.29, 1.82) is 5.26 Å². The molecule has 0 aromatic carbocycles. The molecule has 68 valence electrons. The minimum atomic E-state index is -0.0983. The lowest BCUT2D eigenvalue weighted by molar-refractivity contribution is -0.129. The Labute approximate surface area is 78.8 Å². The predicted molar refractivity (Wildman–Crippen MR) is 50.9 cm³/mol. The van der Waals surface area contributed by atoms with Gasteiger partial charge < -0.3 is 4.90 Å². The molecule has 0 aromatic rings. The van der Waals surface area contributed by atoms with Crippen LogP contribution in [0.1, 0.15) is 13.3 Å². The molecule has 0 aliphatic carbocycles. The lowest BCUT2D eigenvalue weighted by Gasteiger charge is -2.17. The summed E-state index contributed by atoms with van der Waals surface area (Å²) in [6, 6.07) is 2.08. The van der Waals surface area contributed by atoms with Gasteiger partial charge in [-0.05, 0) is 12.7 Å². The summed E-state index contributed by atoms with van der Waals surface area (Å²) in [6.07, 6.45) is 0.442. The van der Waals surface area contributed by atoms with Crippen molar-refractivity contribution in [2.45, 2.75) is 13.3 Å². The van der Waals surface area contributed by atoms with Crippen LogP contribution < -0.4 is 0 Å². The van der Waals surface area contributed by atoms with E-state index in [0.717, 1.165) is 0 Å².